The summed E-state index contributed by atoms with van der Waals surface area (Å²) in [6.45, 7) is 0. The summed E-state index contributed by atoms with van der Waals surface area (Å²) in [5, 5.41) is 11.5. The summed E-state index contributed by atoms with van der Waals surface area (Å²) < 4.78 is 0. The van der Waals surface area contributed by atoms with Crippen LogP contribution in [0.3, 0.4) is 0 Å². The molecule has 2 aromatic carbocycles. The van der Waals surface area contributed by atoms with E-state index in [2.05, 4.69) is 5.32 Å². The monoisotopic (exact) mass is 290 g/mol. The molecular formula is C14H11ClN2O3. The number of hydrogen-bond acceptors (Lipinski definition) is 3. The highest BCUT2D eigenvalue weighted by atomic mass is 35.5. The van der Waals surface area contributed by atoms with Crippen molar-refractivity contribution in [2.75, 3.05) is 11.1 Å². The van der Waals surface area contributed by atoms with Crippen LogP contribution in [0.2, 0.25) is 5.02 Å². The molecule has 0 spiro atoms. The molecule has 0 aliphatic rings. The van der Waals surface area contributed by atoms with Gasteiger partial charge < -0.3 is 16.2 Å². The van der Waals surface area contributed by atoms with E-state index in [-0.39, 0.29) is 16.5 Å². The number of nitrogens with one attached hydrogen (secondary N) is 1. The number of nitrogens with two attached hydrogens (primary N) is 1. The van der Waals surface area contributed by atoms with Crippen molar-refractivity contribution in [3.63, 3.8) is 0 Å². The molecule has 0 fully saturated rings. The number of hydrogen-bond donors (Lipinski definition) is 3. The van der Waals surface area contributed by atoms with Crippen molar-refractivity contribution in [3.8, 4) is 0 Å². The smallest absolute Gasteiger partial charge is 0.337 e. The lowest BCUT2D eigenvalue weighted by molar-refractivity contribution is 0.0697. The quantitative estimate of drug-likeness (QED) is 0.758. The average Bonchev–Trinajstić information content (AvgIpc) is 2.39. The minimum Gasteiger partial charge on any atom is -0.478 e. The average molecular weight is 291 g/mol. The fourth-order valence-corrected chi connectivity index (χ4v) is 1.87. The highest BCUT2D eigenvalue weighted by Gasteiger charge is 2.11. The molecule has 0 saturated carbocycles. The Bertz CT molecular complexity index is 669. The summed E-state index contributed by atoms with van der Waals surface area (Å²) in [5.74, 6) is -1.45. The van der Waals surface area contributed by atoms with Gasteiger partial charge in [-0.05, 0) is 42.5 Å². The number of benzene rings is 2. The number of carbonyl (C=O) groups is 2. The van der Waals surface area contributed by atoms with Crippen LogP contribution in [0.15, 0.2) is 42.5 Å². The molecule has 6 heteroatoms. The zero-order valence-electron chi connectivity index (χ0n) is 10.3. The number of amides is 1. The van der Waals surface area contributed by atoms with E-state index in [1.165, 1.54) is 18.2 Å². The fourth-order valence-electron chi connectivity index (χ4n) is 1.60. The lowest BCUT2D eigenvalue weighted by atomic mass is 10.1. The van der Waals surface area contributed by atoms with E-state index in [0.29, 0.717) is 16.9 Å². The maximum atomic E-state index is 11.9. The van der Waals surface area contributed by atoms with Crippen LogP contribution < -0.4 is 11.1 Å². The van der Waals surface area contributed by atoms with Crippen molar-refractivity contribution in [2.45, 2.75) is 0 Å². The summed E-state index contributed by atoms with van der Waals surface area (Å²) >= 11 is 5.83. The molecule has 2 rings (SSSR count). The first kappa shape index (κ1) is 13.9. The SMILES string of the molecule is Nc1ccc(C(=O)Nc2ccc(C(=O)O)c(Cl)c2)cc1. The van der Waals surface area contributed by atoms with Gasteiger partial charge in [0.15, 0.2) is 0 Å². The predicted molar refractivity (Wildman–Crippen MR) is 77.2 cm³/mol. The maximum Gasteiger partial charge on any atom is 0.337 e. The third-order valence-corrected chi connectivity index (χ3v) is 2.94. The Kier molecular flexibility index (Phi) is 3.91. The van der Waals surface area contributed by atoms with Gasteiger partial charge in [0.25, 0.3) is 5.91 Å². The zero-order chi connectivity index (χ0) is 14.7. The van der Waals surface area contributed by atoms with Crippen molar-refractivity contribution >= 4 is 34.9 Å². The minimum absolute atomic E-state index is 0.0165. The molecule has 0 heterocycles. The van der Waals surface area contributed by atoms with Crippen molar-refractivity contribution in [3.05, 3.63) is 58.6 Å². The number of anilines is 2. The Morgan fingerprint density at radius 3 is 2.30 bits per heavy atom. The Morgan fingerprint density at radius 2 is 1.75 bits per heavy atom. The number of aromatic carboxylic acids is 1. The van der Waals surface area contributed by atoms with Crippen molar-refractivity contribution < 1.29 is 14.7 Å². The van der Waals surface area contributed by atoms with Crippen molar-refractivity contribution in [2.24, 2.45) is 0 Å². The second-order valence-corrected chi connectivity index (χ2v) is 4.48. The number of carbonyl (C=O) groups excluding carboxylic acids is 1. The highest BCUT2D eigenvalue weighted by Crippen LogP contribution is 2.21. The van der Waals surface area contributed by atoms with Crippen LogP contribution in [0.5, 0.6) is 0 Å². The van der Waals surface area contributed by atoms with Crippen LogP contribution in [0, 0.1) is 0 Å². The maximum absolute atomic E-state index is 11.9. The Morgan fingerprint density at radius 1 is 1.10 bits per heavy atom. The van der Waals surface area contributed by atoms with Gasteiger partial charge in [-0.25, -0.2) is 4.79 Å². The van der Waals surface area contributed by atoms with Gasteiger partial charge in [0.1, 0.15) is 0 Å². The molecule has 0 bridgehead atoms. The van der Waals surface area contributed by atoms with E-state index in [4.69, 9.17) is 22.4 Å². The van der Waals surface area contributed by atoms with Gasteiger partial charge >= 0.3 is 5.97 Å². The van der Waals surface area contributed by atoms with Crippen LogP contribution in [0.4, 0.5) is 11.4 Å². The molecule has 1 amide bonds. The van der Waals surface area contributed by atoms with Gasteiger partial charge in [0, 0.05) is 16.9 Å². The van der Waals surface area contributed by atoms with Gasteiger partial charge in [-0.15, -0.1) is 0 Å². The molecule has 0 radical (unpaired) electrons. The summed E-state index contributed by atoms with van der Waals surface area (Å²) in [7, 11) is 0. The molecule has 2 aromatic rings. The van der Waals surface area contributed by atoms with Crippen molar-refractivity contribution in [1.29, 1.82) is 0 Å². The molecule has 0 aliphatic carbocycles. The van der Waals surface area contributed by atoms with Crippen LogP contribution in [0.1, 0.15) is 20.7 Å². The number of halogens is 1. The third kappa shape index (κ3) is 3.07. The molecule has 0 aromatic heterocycles. The fraction of sp³-hybridized carbons (Fsp3) is 0. The number of carboxylic acids is 1. The zero-order valence-corrected chi connectivity index (χ0v) is 11.0. The van der Waals surface area contributed by atoms with E-state index in [1.807, 2.05) is 0 Å². The van der Waals surface area contributed by atoms with Gasteiger partial charge in [0.2, 0.25) is 0 Å². The molecule has 102 valence electrons. The molecule has 0 unspecified atom stereocenters. The van der Waals surface area contributed by atoms with E-state index in [1.54, 1.807) is 24.3 Å². The first-order valence-corrected chi connectivity index (χ1v) is 6.05. The first-order valence-electron chi connectivity index (χ1n) is 5.67. The van der Waals surface area contributed by atoms with Gasteiger partial charge in [-0.2, -0.15) is 0 Å². The summed E-state index contributed by atoms with van der Waals surface area (Å²) in [4.78, 5) is 22.8. The van der Waals surface area contributed by atoms with Crippen LogP contribution in [0.25, 0.3) is 0 Å². The lowest BCUT2D eigenvalue weighted by Crippen LogP contribution is -2.12. The largest absolute Gasteiger partial charge is 0.478 e. The number of rotatable bonds is 3. The molecular weight excluding hydrogens is 280 g/mol. The predicted octanol–water partition coefficient (Wildman–Crippen LogP) is 2.87. The van der Waals surface area contributed by atoms with E-state index in [0.717, 1.165) is 0 Å². The van der Waals surface area contributed by atoms with Crippen LogP contribution >= 0.6 is 11.6 Å². The Balaban J connectivity index is 2.18. The molecule has 20 heavy (non-hydrogen) atoms. The summed E-state index contributed by atoms with van der Waals surface area (Å²) in [6, 6.07) is 10.6. The topological polar surface area (TPSA) is 92.4 Å². The lowest BCUT2D eigenvalue weighted by Gasteiger charge is -2.07. The Labute approximate surface area is 120 Å². The third-order valence-electron chi connectivity index (χ3n) is 2.63. The second kappa shape index (κ2) is 5.63. The highest BCUT2D eigenvalue weighted by molar-refractivity contribution is 6.33. The number of carboxylic acid groups (broad SMARTS) is 1. The van der Waals surface area contributed by atoms with Crippen LogP contribution in [-0.4, -0.2) is 17.0 Å². The molecule has 0 aliphatic heterocycles. The standard InChI is InChI=1S/C14H11ClN2O3/c15-12-7-10(5-6-11(12)14(19)20)17-13(18)8-1-3-9(16)4-2-8/h1-7H,16H2,(H,17,18)(H,19,20). The van der Waals surface area contributed by atoms with Gasteiger partial charge in [0.05, 0.1) is 10.6 Å². The normalized spacial score (nSPS) is 10.1. The van der Waals surface area contributed by atoms with Gasteiger partial charge in [-0.1, -0.05) is 11.6 Å². The van der Waals surface area contributed by atoms with E-state index in [9.17, 15) is 9.59 Å². The van der Waals surface area contributed by atoms with Gasteiger partial charge in [-0.3, -0.25) is 4.79 Å². The second-order valence-electron chi connectivity index (χ2n) is 4.08. The van der Waals surface area contributed by atoms with Crippen molar-refractivity contribution in [1.82, 2.24) is 0 Å². The van der Waals surface area contributed by atoms with E-state index >= 15 is 0 Å². The minimum atomic E-state index is -1.12. The first-order chi connectivity index (χ1) is 9.47. The molecule has 0 atom stereocenters. The van der Waals surface area contributed by atoms with Crippen LogP contribution in [-0.2, 0) is 0 Å². The summed E-state index contributed by atoms with van der Waals surface area (Å²) in [5.41, 5.74) is 6.95. The molecule has 0 saturated heterocycles. The molecule has 4 N–H and O–H groups in total. The Hall–Kier alpha value is -2.53. The molecule has 5 nitrogen and oxygen atoms in total. The summed E-state index contributed by atoms with van der Waals surface area (Å²) in [6.07, 6.45) is 0. The van der Waals surface area contributed by atoms with E-state index < -0.39 is 5.97 Å². The number of nitrogen functional groups attached to an aromatic ring is 1.